The Balaban J connectivity index is 2.50. The first-order valence-electron chi connectivity index (χ1n) is 5.29. The summed E-state index contributed by atoms with van der Waals surface area (Å²) in [5.41, 5.74) is 4.14. The molecule has 1 fully saturated rings. The summed E-state index contributed by atoms with van der Waals surface area (Å²) >= 11 is 0. The average Bonchev–Trinajstić information content (AvgIpc) is 2.59. The Labute approximate surface area is 101 Å². The molecule has 96 valence electrons. The van der Waals surface area contributed by atoms with Gasteiger partial charge in [0.1, 0.15) is 5.54 Å². The Bertz CT molecular complexity index is 521. The standard InChI is InChI=1S/C11H11F2N3O2/c12-7-2-1-6(5-8(7)13)11(3-4-14)9(17)15-10(18)16-11/h1-2,5H,3-4,14H2,(H2,15,16,17,18). The molecule has 1 heterocycles. The minimum Gasteiger partial charge on any atom is -0.330 e. The second-order valence-corrected chi connectivity index (χ2v) is 3.98. The Kier molecular flexibility index (Phi) is 3.00. The maximum atomic E-state index is 13.2. The van der Waals surface area contributed by atoms with Crippen molar-refractivity contribution in [2.45, 2.75) is 12.0 Å². The molecule has 4 N–H and O–H groups in total. The van der Waals surface area contributed by atoms with Crippen molar-refractivity contribution in [2.75, 3.05) is 6.54 Å². The van der Waals surface area contributed by atoms with Crippen molar-refractivity contribution in [1.82, 2.24) is 10.6 Å². The summed E-state index contributed by atoms with van der Waals surface area (Å²) in [5.74, 6) is -2.73. The maximum absolute atomic E-state index is 13.2. The van der Waals surface area contributed by atoms with Crippen molar-refractivity contribution in [3.63, 3.8) is 0 Å². The van der Waals surface area contributed by atoms with E-state index in [9.17, 15) is 18.4 Å². The normalized spacial score (nSPS) is 22.8. The number of carbonyl (C=O) groups excluding carboxylic acids is 2. The van der Waals surface area contributed by atoms with Crippen molar-refractivity contribution < 1.29 is 18.4 Å². The zero-order valence-corrected chi connectivity index (χ0v) is 9.30. The minimum absolute atomic E-state index is 0.0929. The highest BCUT2D eigenvalue weighted by Gasteiger charge is 2.47. The number of rotatable bonds is 3. The van der Waals surface area contributed by atoms with Crippen LogP contribution in [0.25, 0.3) is 0 Å². The largest absolute Gasteiger partial charge is 0.330 e. The van der Waals surface area contributed by atoms with E-state index in [0.29, 0.717) is 0 Å². The van der Waals surface area contributed by atoms with Gasteiger partial charge in [-0.05, 0) is 30.7 Å². The molecule has 1 aliphatic rings. The summed E-state index contributed by atoms with van der Waals surface area (Å²) in [6.45, 7) is 0.104. The summed E-state index contributed by atoms with van der Waals surface area (Å²) < 4.78 is 26.1. The van der Waals surface area contributed by atoms with Gasteiger partial charge in [-0.2, -0.15) is 0 Å². The Hall–Kier alpha value is -2.02. The van der Waals surface area contributed by atoms with Gasteiger partial charge in [0, 0.05) is 0 Å². The molecular formula is C11H11F2N3O2. The average molecular weight is 255 g/mol. The molecule has 1 saturated heterocycles. The molecule has 7 heteroatoms. The van der Waals surface area contributed by atoms with E-state index in [4.69, 9.17) is 5.73 Å². The van der Waals surface area contributed by atoms with Gasteiger partial charge in [-0.15, -0.1) is 0 Å². The monoisotopic (exact) mass is 255 g/mol. The van der Waals surface area contributed by atoms with E-state index in [1.54, 1.807) is 0 Å². The van der Waals surface area contributed by atoms with E-state index in [1.165, 1.54) is 6.07 Å². The summed E-state index contributed by atoms with van der Waals surface area (Å²) in [6.07, 6.45) is 0.0929. The number of imide groups is 1. The molecule has 1 atom stereocenters. The number of urea groups is 1. The molecule has 1 aromatic carbocycles. The molecule has 0 aliphatic carbocycles. The molecule has 5 nitrogen and oxygen atoms in total. The van der Waals surface area contributed by atoms with Gasteiger partial charge in [0.05, 0.1) is 0 Å². The van der Waals surface area contributed by atoms with Crippen LogP contribution in [-0.2, 0) is 10.3 Å². The smallest absolute Gasteiger partial charge is 0.322 e. The van der Waals surface area contributed by atoms with Crippen LogP contribution in [0.5, 0.6) is 0 Å². The molecule has 0 aromatic heterocycles. The van der Waals surface area contributed by atoms with E-state index >= 15 is 0 Å². The van der Waals surface area contributed by atoms with Crippen molar-refractivity contribution in [3.05, 3.63) is 35.4 Å². The van der Waals surface area contributed by atoms with Crippen LogP contribution < -0.4 is 16.4 Å². The Morgan fingerprint density at radius 2 is 1.94 bits per heavy atom. The quantitative estimate of drug-likeness (QED) is 0.681. The lowest BCUT2D eigenvalue weighted by molar-refractivity contribution is -0.124. The molecule has 3 amide bonds. The SMILES string of the molecule is NCCC1(c2ccc(F)c(F)c2)NC(=O)NC1=O. The predicted octanol–water partition coefficient (Wildman–Crippen LogP) is 0.348. The highest BCUT2D eigenvalue weighted by Crippen LogP contribution is 2.29. The Morgan fingerprint density at radius 1 is 1.22 bits per heavy atom. The number of nitrogens with one attached hydrogen (secondary N) is 2. The number of carbonyl (C=O) groups is 2. The first kappa shape index (κ1) is 12.4. The van der Waals surface area contributed by atoms with Crippen LogP contribution in [0.15, 0.2) is 18.2 Å². The lowest BCUT2D eigenvalue weighted by Gasteiger charge is -2.25. The van der Waals surface area contributed by atoms with Crippen LogP contribution in [0.4, 0.5) is 13.6 Å². The molecule has 18 heavy (non-hydrogen) atoms. The van der Waals surface area contributed by atoms with Crippen molar-refractivity contribution in [1.29, 1.82) is 0 Å². The number of benzene rings is 1. The van der Waals surface area contributed by atoms with E-state index in [1.807, 2.05) is 0 Å². The second-order valence-electron chi connectivity index (χ2n) is 3.98. The molecule has 1 aromatic rings. The molecule has 1 unspecified atom stereocenters. The van der Waals surface area contributed by atoms with Crippen LogP contribution in [0.1, 0.15) is 12.0 Å². The van der Waals surface area contributed by atoms with Gasteiger partial charge in [0.25, 0.3) is 5.91 Å². The van der Waals surface area contributed by atoms with Crippen molar-refractivity contribution in [2.24, 2.45) is 5.73 Å². The van der Waals surface area contributed by atoms with Crippen LogP contribution in [-0.4, -0.2) is 18.5 Å². The van der Waals surface area contributed by atoms with Crippen LogP contribution >= 0.6 is 0 Å². The summed E-state index contributed by atoms with van der Waals surface area (Å²) in [6, 6.07) is 2.36. The first-order valence-corrected chi connectivity index (χ1v) is 5.29. The fraction of sp³-hybridized carbons (Fsp3) is 0.273. The van der Waals surface area contributed by atoms with Crippen LogP contribution in [0.2, 0.25) is 0 Å². The molecular weight excluding hydrogens is 244 g/mol. The number of amides is 3. The topological polar surface area (TPSA) is 84.2 Å². The summed E-state index contributed by atoms with van der Waals surface area (Å²) in [4.78, 5) is 23.0. The molecule has 1 aliphatic heterocycles. The first-order chi connectivity index (χ1) is 8.49. The highest BCUT2D eigenvalue weighted by atomic mass is 19.2. The number of hydrogen-bond acceptors (Lipinski definition) is 3. The second kappa shape index (κ2) is 4.34. The van der Waals surface area contributed by atoms with Gasteiger partial charge >= 0.3 is 6.03 Å². The molecule has 0 spiro atoms. The van der Waals surface area contributed by atoms with Gasteiger partial charge in [-0.1, -0.05) is 6.07 Å². The van der Waals surface area contributed by atoms with Crippen LogP contribution in [0, 0.1) is 11.6 Å². The molecule has 0 saturated carbocycles. The lowest BCUT2D eigenvalue weighted by atomic mass is 9.86. The highest BCUT2D eigenvalue weighted by molar-refractivity contribution is 6.07. The summed E-state index contributed by atoms with van der Waals surface area (Å²) in [7, 11) is 0. The third kappa shape index (κ3) is 1.82. The number of nitrogens with two attached hydrogens (primary N) is 1. The van der Waals surface area contributed by atoms with E-state index in [2.05, 4.69) is 10.6 Å². The molecule has 0 bridgehead atoms. The zero-order valence-electron chi connectivity index (χ0n) is 9.30. The fourth-order valence-electron chi connectivity index (χ4n) is 1.99. The fourth-order valence-corrected chi connectivity index (χ4v) is 1.99. The van der Waals surface area contributed by atoms with Crippen LogP contribution in [0.3, 0.4) is 0 Å². The van der Waals surface area contributed by atoms with Crippen molar-refractivity contribution >= 4 is 11.9 Å². The third-order valence-corrected chi connectivity index (χ3v) is 2.87. The van der Waals surface area contributed by atoms with E-state index in [-0.39, 0.29) is 18.5 Å². The maximum Gasteiger partial charge on any atom is 0.322 e. The van der Waals surface area contributed by atoms with Gasteiger partial charge in [0.2, 0.25) is 0 Å². The third-order valence-electron chi connectivity index (χ3n) is 2.87. The zero-order chi connectivity index (χ0) is 13.3. The van der Waals surface area contributed by atoms with E-state index in [0.717, 1.165) is 12.1 Å². The van der Waals surface area contributed by atoms with E-state index < -0.39 is 29.1 Å². The van der Waals surface area contributed by atoms with Gasteiger partial charge in [-0.3, -0.25) is 10.1 Å². The number of halogens is 2. The minimum atomic E-state index is -1.43. The van der Waals surface area contributed by atoms with Gasteiger partial charge in [-0.25, -0.2) is 13.6 Å². The van der Waals surface area contributed by atoms with Crippen molar-refractivity contribution in [3.8, 4) is 0 Å². The molecule has 2 rings (SSSR count). The predicted molar refractivity (Wildman–Crippen MR) is 58.4 cm³/mol. The molecule has 0 radical (unpaired) electrons. The van der Waals surface area contributed by atoms with Gasteiger partial charge in [0.15, 0.2) is 11.6 Å². The number of hydrogen-bond donors (Lipinski definition) is 3. The Morgan fingerprint density at radius 3 is 2.44 bits per heavy atom. The van der Waals surface area contributed by atoms with Gasteiger partial charge < -0.3 is 11.1 Å². The lowest BCUT2D eigenvalue weighted by Crippen LogP contribution is -2.45. The summed E-state index contributed by atoms with van der Waals surface area (Å²) in [5, 5.41) is 4.48.